The number of hydrogen-bond donors (Lipinski definition) is 0. The molecule has 0 aliphatic carbocycles. The summed E-state index contributed by atoms with van der Waals surface area (Å²) in [5.74, 6) is -1.35. The second kappa shape index (κ2) is 7.12. The third-order valence-corrected chi connectivity index (χ3v) is 3.32. The van der Waals surface area contributed by atoms with Gasteiger partial charge in [0, 0.05) is 24.7 Å². The Hall–Kier alpha value is -1.79. The van der Waals surface area contributed by atoms with Crippen molar-refractivity contribution < 1.29 is 23.8 Å². The molecule has 8 nitrogen and oxygen atoms in total. The summed E-state index contributed by atoms with van der Waals surface area (Å²) >= 11 is 0. The predicted octanol–water partition coefficient (Wildman–Crippen LogP) is 1.79. The summed E-state index contributed by atoms with van der Waals surface area (Å²) in [4.78, 5) is 24.8. The molecule has 0 radical (unpaired) electrons. The van der Waals surface area contributed by atoms with Crippen molar-refractivity contribution in [3.05, 3.63) is 10.4 Å². The zero-order chi connectivity index (χ0) is 15.3. The van der Waals surface area contributed by atoms with Gasteiger partial charge in [-0.2, -0.15) is 0 Å². The van der Waals surface area contributed by atoms with Gasteiger partial charge in [-0.05, 0) is 11.4 Å². The van der Waals surface area contributed by atoms with Gasteiger partial charge >= 0.3 is 11.9 Å². The lowest BCUT2D eigenvalue weighted by Gasteiger charge is -2.41. The van der Waals surface area contributed by atoms with E-state index in [0.29, 0.717) is 0 Å². The maximum absolute atomic E-state index is 11.1. The van der Waals surface area contributed by atoms with Gasteiger partial charge in [-0.25, -0.2) is 0 Å². The minimum atomic E-state index is -0.820. The number of esters is 2. The van der Waals surface area contributed by atoms with Crippen LogP contribution in [-0.2, 0) is 23.8 Å². The van der Waals surface area contributed by atoms with Gasteiger partial charge < -0.3 is 14.2 Å². The lowest BCUT2D eigenvalue weighted by Crippen LogP contribution is -2.51. The van der Waals surface area contributed by atoms with Crippen molar-refractivity contribution in [1.29, 1.82) is 0 Å². The summed E-state index contributed by atoms with van der Waals surface area (Å²) < 4.78 is 15.7. The number of ether oxygens (including phenoxy) is 3. The molecular formula is C12H19N3O5. The maximum atomic E-state index is 11.1. The highest BCUT2D eigenvalue weighted by molar-refractivity contribution is 5.66. The number of nitrogens with zero attached hydrogens (tertiary/aromatic N) is 3. The summed E-state index contributed by atoms with van der Waals surface area (Å²) in [6.45, 7) is 6.22. The Kier molecular flexibility index (Phi) is 5.79. The number of hydrogen-bond acceptors (Lipinski definition) is 6. The molecule has 0 N–H and O–H groups in total. The van der Waals surface area contributed by atoms with Crippen LogP contribution in [0.4, 0.5) is 0 Å². The Morgan fingerprint density at radius 2 is 1.90 bits per heavy atom. The maximum Gasteiger partial charge on any atom is 0.304 e. The topological polar surface area (TPSA) is 111 Å². The van der Waals surface area contributed by atoms with Crippen LogP contribution in [0.5, 0.6) is 0 Å². The Labute approximate surface area is 117 Å². The Morgan fingerprint density at radius 3 is 2.40 bits per heavy atom. The fourth-order valence-corrected chi connectivity index (χ4v) is 2.24. The number of carbonyl (C=O) groups is 2. The van der Waals surface area contributed by atoms with E-state index in [4.69, 9.17) is 19.7 Å². The quantitative estimate of drug-likeness (QED) is 0.338. The van der Waals surface area contributed by atoms with Crippen LogP contribution in [0, 0.1) is 11.8 Å². The molecule has 1 rings (SSSR count). The van der Waals surface area contributed by atoms with Gasteiger partial charge in [0.1, 0.15) is 6.61 Å². The van der Waals surface area contributed by atoms with Gasteiger partial charge in [0.2, 0.25) is 6.29 Å². The first kappa shape index (κ1) is 16.3. The van der Waals surface area contributed by atoms with Crippen LogP contribution in [0.1, 0.15) is 27.7 Å². The molecule has 112 valence electrons. The first-order valence-corrected chi connectivity index (χ1v) is 6.37. The van der Waals surface area contributed by atoms with Gasteiger partial charge in [0.25, 0.3) is 0 Å². The van der Waals surface area contributed by atoms with Gasteiger partial charge in [0.05, 0.1) is 12.1 Å². The van der Waals surface area contributed by atoms with Gasteiger partial charge in [-0.3, -0.25) is 9.59 Å². The lowest BCUT2D eigenvalue weighted by atomic mass is 9.84. The standard InChI is InChI=1S/C12H19N3O5/c1-6-10(5-18-8(3)16)20-12(19-9(4)17)7(2)11(6)14-15-13/h6-7,10-12H,5H2,1-4H3/t6-,7?,10?,11-,12?/m0/s1. The van der Waals surface area contributed by atoms with Crippen LogP contribution in [0.2, 0.25) is 0 Å². The molecule has 0 saturated carbocycles. The SMILES string of the molecule is CC(=O)OCC1OC(OC(C)=O)C(C)[C@@H](N=[N+]=[N-])[C@H]1C. The van der Waals surface area contributed by atoms with E-state index in [9.17, 15) is 9.59 Å². The molecule has 3 unspecified atom stereocenters. The Bertz CT molecular complexity index is 421. The van der Waals surface area contributed by atoms with Crippen molar-refractivity contribution in [3.63, 3.8) is 0 Å². The van der Waals surface area contributed by atoms with Crippen LogP contribution < -0.4 is 0 Å². The van der Waals surface area contributed by atoms with Crippen LogP contribution in [-0.4, -0.2) is 37.0 Å². The lowest BCUT2D eigenvalue weighted by molar-refractivity contribution is -0.239. The summed E-state index contributed by atoms with van der Waals surface area (Å²) in [5, 5.41) is 3.75. The molecule has 0 aromatic carbocycles. The zero-order valence-corrected chi connectivity index (χ0v) is 12.0. The summed E-state index contributed by atoms with van der Waals surface area (Å²) in [5.41, 5.74) is 8.65. The molecule has 0 amide bonds. The molecule has 0 bridgehead atoms. The number of azide groups is 1. The van der Waals surface area contributed by atoms with Crippen molar-refractivity contribution in [2.24, 2.45) is 17.0 Å². The number of rotatable bonds is 4. The molecule has 1 aliphatic heterocycles. The van der Waals surface area contributed by atoms with E-state index in [0.717, 1.165) is 0 Å². The average Bonchev–Trinajstić information content (AvgIpc) is 2.35. The third kappa shape index (κ3) is 4.11. The van der Waals surface area contributed by atoms with Crippen molar-refractivity contribution in [1.82, 2.24) is 0 Å². The monoisotopic (exact) mass is 285 g/mol. The molecule has 0 aromatic rings. The van der Waals surface area contributed by atoms with Crippen LogP contribution in [0.25, 0.3) is 10.4 Å². The van der Waals surface area contributed by atoms with E-state index in [1.807, 2.05) is 6.92 Å². The number of carbonyl (C=O) groups excluding carboxylic acids is 2. The van der Waals surface area contributed by atoms with Crippen molar-refractivity contribution >= 4 is 11.9 Å². The molecule has 1 aliphatic rings. The van der Waals surface area contributed by atoms with Crippen LogP contribution in [0.15, 0.2) is 5.11 Å². The minimum Gasteiger partial charge on any atom is -0.463 e. The smallest absolute Gasteiger partial charge is 0.304 e. The summed E-state index contributed by atoms with van der Waals surface area (Å²) in [6, 6.07) is -0.404. The van der Waals surface area contributed by atoms with E-state index < -0.39 is 30.4 Å². The predicted molar refractivity (Wildman–Crippen MR) is 68.3 cm³/mol. The van der Waals surface area contributed by atoms with Crippen LogP contribution >= 0.6 is 0 Å². The van der Waals surface area contributed by atoms with Gasteiger partial charge in [0.15, 0.2) is 0 Å². The summed E-state index contributed by atoms with van der Waals surface area (Å²) in [7, 11) is 0. The largest absolute Gasteiger partial charge is 0.463 e. The van der Waals surface area contributed by atoms with Gasteiger partial charge in [-0.15, -0.1) is 0 Å². The fraction of sp³-hybridized carbons (Fsp3) is 0.833. The van der Waals surface area contributed by atoms with Crippen molar-refractivity contribution in [2.45, 2.75) is 46.1 Å². The second-order valence-corrected chi connectivity index (χ2v) is 4.87. The first-order chi connectivity index (χ1) is 9.36. The van der Waals surface area contributed by atoms with E-state index in [2.05, 4.69) is 10.0 Å². The van der Waals surface area contributed by atoms with E-state index in [-0.39, 0.29) is 18.4 Å². The molecule has 0 spiro atoms. The van der Waals surface area contributed by atoms with E-state index in [1.165, 1.54) is 13.8 Å². The molecular weight excluding hydrogens is 266 g/mol. The Morgan fingerprint density at radius 1 is 1.25 bits per heavy atom. The van der Waals surface area contributed by atoms with Gasteiger partial charge in [-0.1, -0.05) is 19.0 Å². The fourth-order valence-electron chi connectivity index (χ4n) is 2.24. The van der Waals surface area contributed by atoms with E-state index in [1.54, 1.807) is 6.92 Å². The zero-order valence-electron chi connectivity index (χ0n) is 12.0. The summed E-state index contributed by atoms with van der Waals surface area (Å²) in [6.07, 6.45) is -1.31. The highest BCUT2D eigenvalue weighted by Crippen LogP contribution is 2.33. The van der Waals surface area contributed by atoms with Crippen molar-refractivity contribution in [3.8, 4) is 0 Å². The third-order valence-electron chi connectivity index (χ3n) is 3.32. The normalized spacial score (nSPS) is 32.9. The second-order valence-electron chi connectivity index (χ2n) is 4.87. The molecule has 1 saturated heterocycles. The molecule has 1 heterocycles. The molecule has 0 aromatic heterocycles. The minimum absolute atomic E-state index is 0.0262. The molecule has 1 fully saturated rings. The average molecular weight is 285 g/mol. The highest BCUT2D eigenvalue weighted by atomic mass is 16.7. The molecule has 20 heavy (non-hydrogen) atoms. The Balaban J connectivity index is 2.87. The molecule has 5 atom stereocenters. The van der Waals surface area contributed by atoms with Crippen molar-refractivity contribution in [2.75, 3.05) is 6.61 Å². The molecule has 8 heteroatoms. The van der Waals surface area contributed by atoms with E-state index >= 15 is 0 Å². The highest BCUT2D eigenvalue weighted by Gasteiger charge is 2.43. The van der Waals surface area contributed by atoms with Crippen LogP contribution in [0.3, 0.4) is 0 Å². The first-order valence-electron chi connectivity index (χ1n) is 6.37.